The molecule has 118 valence electrons. The molecule has 2 aromatic rings. The molecule has 0 radical (unpaired) electrons. The van der Waals surface area contributed by atoms with E-state index in [-0.39, 0.29) is 12.4 Å². The fourth-order valence-corrected chi connectivity index (χ4v) is 2.30. The van der Waals surface area contributed by atoms with Gasteiger partial charge in [0.05, 0.1) is 13.2 Å². The Morgan fingerprint density at radius 3 is 2.59 bits per heavy atom. The Morgan fingerprint density at radius 1 is 1.14 bits per heavy atom. The summed E-state index contributed by atoms with van der Waals surface area (Å²) in [5, 5.41) is 10.3. The highest BCUT2D eigenvalue weighted by Gasteiger charge is 2.17. The average Bonchev–Trinajstić information content (AvgIpc) is 2.54. The minimum absolute atomic E-state index is 0.0822. The van der Waals surface area contributed by atoms with Gasteiger partial charge in [0, 0.05) is 11.1 Å². The first-order chi connectivity index (χ1) is 10.7. The maximum Gasteiger partial charge on any atom is 0.167 e. The number of methoxy groups -OCH3 is 1. The highest BCUT2D eigenvalue weighted by Crippen LogP contribution is 2.37. The molecule has 0 fully saturated rings. The number of aliphatic hydroxyl groups excluding tert-OH is 1. The summed E-state index contributed by atoms with van der Waals surface area (Å²) >= 11 is 0. The van der Waals surface area contributed by atoms with E-state index in [1.165, 1.54) is 6.07 Å². The minimum Gasteiger partial charge on any atom is -0.493 e. The molecule has 0 saturated carbocycles. The van der Waals surface area contributed by atoms with Crippen molar-refractivity contribution >= 4 is 0 Å². The van der Waals surface area contributed by atoms with Crippen LogP contribution in [-0.4, -0.2) is 12.2 Å². The summed E-state index contributed by atoms with van der Waals surface area (Å²) in [5.41, 5.74) is 1.13. The number of halogens is 1. The van der Waals surface area contributed by atoms with Gasteiger partial charge in [0.25, 0.3) is 0 Å². The number of benzene rings is 2. The lowest BCUT2D eigenvalue weighted by atomic mass is 10.0. The molecule has 0 aliphatic rings. The zero-order valence-electron chi connectivity index (χ0n) is 12.9. The highest BCUT2D eigenvalue weighted by molar-refractivity contribution is 5.47. The van der Waals surface area contributed by atoms with Crippen molar-refractivity contribution in [2.45, 2.75) is 32.5 Å². The number of hydrogen-bond acceptors (Lipinski definition) is 3. The van der Waals surface area contributed by atoms with E-state index >= 15 is 0 Å². The first-order valence-electron chi connectivity index (χ1n) is 7.38. The van der Waals surface area contributed by atoms with Crippen LogP contribution in [0.2, 0.25) is 0 Å². The van der Waals surface area contributed by atoms with Gasteiger partial charge in [-0.2, -0.15) is 0 Å². The summed E-state index contributed by atoms with van der Waals surface area (Å²) in [5.74, 6) is 0.686. The van der Waals surface area contributed by atoms with Gasteiger partial charge < -0.3 is 14.6 Å². The zero-order valence-corrected chi connectivity index (χ0v) is 12.9. The van der Waals surface area contributed by atoms with Crippen molar-refractivity contribution in [3.8, 4) is 11.5 Å². The molecule has 0 spiro atoms. The fraction of sp³-hybridized carbons (Fsp3) is 0.333. The Balaban J connectivity index is 2.26. The van der Waals surface area contributed by atoms with Crippen LogP contribution in [-0.2, 0) is 6.61 Å². The average molecular weight is 304 g/mol. The number of hydrogen-bond donors (Lipinski definition) is 1. The SMILES string of the molecule is CCCC(O)c1cccc(OC)c1OCc1ccccc1F. The third-order valence-corrected chi connectivity index (χ3v) is 3.48. The Bertz CT molecular complexity index is 613. The predicted octanol–water partition coefficient (Wildman–Crippen LogP) is 4.25. The molecule has 4 heteroatoms. The molecule has 1 N–H and O–H groups in total. The third kappa shape index (κ3) is 3.77. The van der Waals surface area contributed by atoms with Gasteiger partial charge in [0.2, 0.25) is 0 Å². The first-order valence-corrected chi connectivity index (χ1v) is 7.38. The molecule has 0 bridgehead atoms. The summed E-state index contributed by atoms with van der Waals surface area (Å²) in [6, 6.07) is 11.8. The smallest absolute Gasteiger partial charge is 0.167 e. The van der Waals surface area contributed by atoms with E-state index < -0.39 is 6.10 Å². The first kappa shape index (κ1) is 16.3. The molecule has 0 aliphatic heterocycles. The van der Waals surface area contributed by atoms with Crippen LogP contribution in [0.3, 0.4) is 0 Å². The van der Waals surface area contributed by atoms with Crippen molar-refractivity contribution in [2.24, 2.45) is 0 Å². The van der Waals surface area contributed by atoms with Gasteiger partial charge in [-0.3, -0.25) is 0 Å². The quantitative estimate of drug-likeness (QED) is 0.831. The molecule has 2 rings (SSSR count). The normalized spacial score (nSPS) is 12.0. The van der Waals surface area contributed by atoms with Crippen LogP contribution in [0, 0.1) is 5.82 Å². The predicted molar refractivity (Wildman–Crippen MR) is 83.6 cm³/mol. The van der Waals surface area contributed by atoms with Crippen molar-refractivity contribution in [2.75, 3.05) is 7.11 Å². The zero-order chi connectivity index (χ0) is 15.9. The lowest BCUT2D eigenvalue weighted by Crippen LogP contribution is -2.05. The largest absolute Gasteiger partial charge is 0.493 e. The van der Waals surface area contributed by atoms with Crippen LogP contribution >= 0.6 is 0 Å². The van der Waals surface area contributed by atoms with Gasteiger partial charge >= 0.3 is 0 Å². The second-order valence-corrected chi connectivity index (χ2v) is 5.06. The van der Waals surface area contributed by atoms with Crippen molar-refractivity contribution in [1.82, 2.24) is 0 Å². The van der Waals surface area contributed by atoms with Gasteiger partial charge in [-0.15, -0.1) is 0 Å². The van der Waals surface area contributed by atoms with Gasteiger partial charge in [-0.1, -0.05) is 43.7 Å². The highest BCUT2D eigenvalue weighted by atomic mass is 19.1. The molecule has 22 heavy (non-hydrogen) atoms. The minimum atomic E-state index is -0.629. The molecule has 0 amide bonds. The fourth-order valence-electron chi connectivity index (χ4n) is 2.30. The van der Waals surface area contributed by atoms with Gasteiger partial charge in [-0.25, -0.2) is 4.39 Å². The standard InChI is InChI=1S/C18H21FO3/c1-3-7-16(20)14-9-6-11-17(21-2)18(14)22-12-13-8-4-5-10-15(13)19/h4-6,8-11,16,20H,3,7,12H2,1-2H3. The van der Waals surface area contributed by atoms with Crippen molar-refractivity contribution in [3.05, 3.63) is 59.4 Å². The molecule has 0 heterocycles. The summed E-state index contributed by atoms with van der Waals surface area (Å²) < 4.78 is 24.8. The maximum absolute atomic E-state index is 13.7. The van der Waals surface area contributed by atoms with Crippen LogP contribution in [0.25, 0.3) is 0 Å². The van der Waals surface area contributed by atoms with Crippen molar-refractivity contribution in [1.29, 1.82) is 0 Å². The van der Waals surface area contributed by atoms with E-state index in [1.807, 2.05) is 13.0 Å². The molecule has 1 atom stereocenters. The van der Waals surface area contributed by atoms with Crippen LogP contribution < -0.4 is 9.47 Å². The number of aliphatic hydroxyl groups is 1. The Labute approximate surface area is 130 Å². The van der Waals surface area contributed by atoms with Gasteiger partial charge in [0.1, 0.15) is 12.4 Å². The molecular formula is C18H21FO3. The maximum atomic E-state index is 13.7. The van der Waals surface area contributed by atoms with Crippen molar-refractivity contribution < 1.29 is 19.0 Å². The lowest BCUT2D eigenvalue weighted by Gasteiger charge is -2.18. The molecule has 0 aliphatic carbocycles. The van der Waals surface area contributed by atoms with E-state index in [0.29, 0.717) is 29.0 Å². The molecule has 0 aromatic heterocycles. The van der Waals surface area contributed by atoms with Gasteiger partial charge in [-0.05, 0) is 18.6 Å². The number of para-hydroxylation sites is 1. The van der Waals surface area contributed by atoms with E-state index in [2.05, 4.69) is 0 Å². The molecule has 0 saturated heterocycles. The second kappa shape index (κ2) is 7.80. The second-order valence-electron chi connectivity index (χ2n) is 5.06. The lowest BCUT2D eigenvalue weighted by molar-refractivity contribution is 0.158. The summed E-state index contributed by atoms with van der Waals surface area (Å²) in [7, 11) is 1.54. The summed E-state index contributed by atoms with van der Waals surface area (Å²) in [4.78, 5) is 0. The number of rotatable bonds is 7. The molecule has 2 aromatic carbocycles. The van der Waals surface area contributed by atoms with Crippen LogP contribution in [0.5, 0.6) is 11.5 Å². The van der Waals surface area contributed by atoms with Gasteiger partial charge in [0.15, 0.2) is 11.5 Å². The molecule has 3 nitrogen and oxygen atoms in total. The van der Waals surface area contributed by atoms with Crippen molar-refractivity contribution in [3.63, 3.8) is 0 Å². The van der Waals surface area contributed by atoms with E-state index in [9.17, 15) is 9.50 Å². The Kier molecular flexibility index (Phi) is 5.78. The summed E-state index contributed by atoms with van der Waals surface area (Å²) in [6.45, 7) is 2.09. The van der Waals surface area contributed by atoms with E-state index in [0.717, 1.165) is 6.42 Å². The monoisotopic (exact) mass is 304 g/mol. The third-order valence-electron chi connectivity index (χ3n) is 3.48. The van der Waals surface area contributed by atoms with E-state index in [4.69, 9.17) is 9.47 Å². The Hall–Kier alpha value is -2.07. The van der Waals surface area contributed by atoms with Crippen LogP contribution in [0.1, 0.15) is 37.0 Å². The number of ether oxygens (including phenoxy) is 2. The topological polar surface area (TPSA) is 38.7 Å². The van der Waals surface area contributed by atoms with Crippen LogP contribution in [0.15, 0.2) is 42.5 Å². The Morgan fingerprint density at radius 2 is 1.91 bits per heavy atom. The van der Waals surface area contributed by atoms with Crippen LogP contribution in [0.4, 0.5) is 4.39 Å². The van der Waals surface area contributed by atoms with E-state index in [1.54, 1.807) is 37.4 Å². The molecular weight excluding hydrogens is 283 g/mol. The summed E-state index contributed by atoms with van der Waals surface area (Å²) in [6.07, 6.45) is 0.852. The molecule has 1 unspecified atom stereocenters.